The standard InChI is InChI=1S/C16H15ClF2N2O2/c17-11-4-1-3-10(9-11)14(22)7-8-20-16(23)21-15-12(18)5-2-6-13(15)19/h1-6,9,14,22H,7-8H2,(H2,20,21,23)/t14-/m0/s1. The number of benzene rings is 2. The molecule has 23 heavy (non-hydrogen) atoms. The van der Waals surface area contributed by atoms with Gasteiger partial charge in [0.2, 0.25) is 0 Å². The summed E-state index contributed by atoms with van der Waals surface area (Å²) in [5, 5.41) is 15.0. The summed E-state index contributed by atoms with van der Waals surface area (Å²) in [6.45, 7) is 0.121. The first-order chi connectivity index (χ1) is 11.0. The number of carbonyl (C=O) groups excluding carboxylic acids is 1. The summed E-state index contributed by atoms with van der Waals surface area (Å²) in [5.74, 6) is -1.72. The molecule has 0 radical (unpaired) electrons. The number of rotatable bonds is 5. The average Bonchev–Trinajstić information content (AvgIpc) is 2.51. The molecule has 7 heteroatoms. The molecule has 0 aliphatic rings. The minimum absolute atomic E-state index is 0.121. The maximum atomic E-state index is 13.4. The van der Waals surface area contributed by atoms with Crippen molar-refractivity contribution in [3.8, 4) is 0 Å². The monoisotopic (exact) mass is 340 g/mol. The van der Waals surface area contributed by atoms with Gasteiger partial charge in [0.05, 0.1) is 6.10 Å². The number of aliphatic hydroxyl groups excluding tert-OH is 1. The Balaban J connectivity index is 1.83. The number of amides is 2. The van der Waals surface area contributed by atoms with Crippen molar-refractivity contribution in [1.29, 1.82) is 0 Å². The Morgan fingerprint density at radius 1 is 1.17 bits per heavy atom. The van der Waals surface area contributed by atoms with E-state index in [9.17, 15) is 18.7 Å². The summed E-state index contributed by atoms with van der Waals surface area (Å²) in [6.07, 6.45) is -0.577. The summed E-state index contributed by atoms with van der Waals surface area (Å²) < 4.78 is 26.8. The van der Waals surface area contributed by atoms with Crippen molar-refractivity contribution >= 4 is 23.3 Å². The lowest BCUT2D eigenvalue weighted by Gasteiger charge is -2.13. The zero-order valence-corrected chi connectivity index (χ0v) is 12.8. The summed E-state index contributed by atoms with van der Waals surface area (Å²) in [6, 6.07) is 9.27. The third-order valence-electron chi connectivity index (χ3n) is 3.14. The molecule has 2 rings (SSSR count). The molecular formula is C16H15ClF2N2O2. The van der Waals surface area contributed by atoms with E-state index in [1.807, 2.05) is 0 Å². The van der Waals surface area contributed by atoms with Gasteiger partial charge in [-0.1, -0.05) is 29.8 Å². The number of anilines is 1. The minimum atomic E-state index is -0.862. The Kier molecular flexibility index (Phi) is 5.90. The van der Waals surface area contributed by atoms with Gasteiger partial charge in [0.1, 0.15) is 17.3 Å². The molecule has 0 aromatic heterocycles. The molecule has 0 heterocycles. The Morgan fingerprint density at radius 3 is 2.48 bits per heavy atom. The largest absolute Gasteiger partial charge is 0.388 e. The first kappa shape index (κ1) is 17.2. The number of hydrogen-bond acceptors (Lipinski definition) is 2. The van der Waals surface area contributed by atoms with Crippen LogP contribution in [0.25, 0.3) is 0 Å². The molecule has 0 saturated carbocycles. The maximum absolute atomic E-state index is 13.4. The van der Waals surface area contributed by atoms with E-state index in [0.29, 0.717) is 10.6 Å². The third-order valence-corrected chi connectivity index (χ3v) is 3.37. The molecule has 4 nitrogen and oxygen atoms in total. The highest BCUT2D eigenvalue weighted by Crippen LogP contribution is 2.20. The molecule has 0 aliphatic heterocycles. The zero-order chi connectivity index (χ0) is 16.8. The summed E-state index contributed by atoms with van der Waals surface area (Å²) in [5.41, 5.74) is 0.111. The minimum Gasteiger partial charge on any atom is -0.388 e. The lowest BCUT2D eigenvalue weighted by Crippen LogP contribution is -2.31. The Morgan fingerprint density at radius 2 is 1.83 bits per heavy atom. The van der Waals surface area contributed by atoms with Crippen molar-refractivity contribution in [2.45, 2.75) is 12.5 Å². The van der Waals surface area contributed by atoms with Gasteiger partial charge in [-0.2, -0.15) is 0 Å². The normalized spacial score (nSPS) is 11.8. The number of hydrogen-bond donors (Lipinski definition) is 3. The van der Waals surface area contributed by atoms with Gasteiger partial charge >= 0.3 is 6.03 Å². The molecule has 1 atom stereocenters. The fourth-order valence-corrected chi connectivity index (χ4v) is 2.18. The fourth-order valence-electron chi connectivity index (χ4n) is 1.98. The molecule has 2 aromatic rings. The van der Waals surface area contributed by atoms with Crippen molar-refractivity contribution in [3.63, 3.8) is 0 Å². The first-order valence-electron chi connectivity index (χ1n) is 6.90. The van der Waals surface area contributed by atoms with Gasteiger partial charge in [0.25, 0.3) is 0 Å². The van der Waals surface area contributed by atoms with Crippen LogP contribution in [0.3, 0.4) is 0 Å². The second kappa shape index (κ2) is 7.89. The van der Waals surface area contributed by atoms with Crippen molar-refractivity contribution in [3.05, 3.63) is 64.7 Å². The van der Waals surface area contributed by atoms with Gasteiger partial charge in [-0.25, -0.2) is 13.6 Å². The van der Waals surface area contributed by atoms with Crippen molar-refractivity contribution in [1.82, 2.24) is 5.32 Å². The van der Waals surface area contributed by atoms with Gasteiger partial charge in [-0.05, 0) is 36.2 Å². The highest BCUT2D eigenvalue weighted by molar-refractivity contribution is 6.30. The number of carbonyl (C=O) groups is 1. The van der Waals surface area contributed by atoms with Crippen LogP contribution in [-0.4, -0.2) is 17.7 Å². The highest BCUT2D eigenvalue weighted by atomic mass is 35.5. The van der Waals surface area contributed by atoms with Crippen LogP contribution in [0.5, 0.6) is 0 Å². The van der Waals surface area contributed by atoms with E-state index < -0.39 is 29.5 Å². The fraction of sp³-hybridized carbons (Fsp3) is 0.188. The van der Waals surface area contributed by atoms with E-state index in [2.05, 4.69) is 10.6 Å². The maximum Gasteiger partial charge on any atom is 0.319 e. The Labute approximate surface area is 137 Å². The van der Waals surface area contributed by atoms with Crippen LogP contribution < -0.4 is 10.6 Å². The first-order valence-corrected chi connectivity index (χ1v) is 7.27. The van der Waals surface area contributed by atoms with Crippen LogP contribution in [0.2, 0.25) is 5.02 Å². The number of para-hydroxylation sites is 1. The van der Waals surface area contributed by atoms with Crippen LogP contribution >= 0.6 is 11.6 Å². The highest BCUT2D eigenvalue weighted by Gasteiger charge is 2.12. The number of urea groups is 1. The van der Waals surface area contributed by atoms with Crippen molar-refractivity contribution in [2.75, 3.05) is 11.9 Å². The van der Waals surface area contributed by atoms with Gasteiger partial charge < -0.3 is 15.7 Å². The topological polar surface area (TPSA) is 61.4 Å². The lowest BCUT2D eigenvalue weighted by molar-refractivity contribution is 0.167. The molecule has 122 valence electrons. The van der Waals surface area contributed by atoms with E-state index in [-0.39, 0.29) is 13.0 Å². The second-order valence-electron chi connectivity index (χ2n) is 4.84. The van der Waals surface area contributed by atoms with Gasteiger partial charge in [0.15, 0.2) is 0 Å². The predicted octanol–water partition coefficient (Wildman–Crippen LogP) is 3.86. The lowest BCUT2D eigenvalue weighted by atomic mass is 10.1. The molecule has 0 fully saturated rings. The Hall–Kier alpha value is -2.18. The number of nitrogens with one attached hydrogen (secondary N) is 2. The van der Waals surface area contributed by atoms with Gasteiger partial charge in [0, 0.05) is 11.6 Å². The molecule has 0 saturated heterocycles. The summed E-state index contributed by atoms with van der Waals surface area (Å²) >= 11 is 5.83. The van der Waals surface area contributed by atoms with Crippen LogP contribution in [0.4, 0.5) is 19.3 Å². The molecule has 0 unspecified atom stereocenters. The van der Waals surface area contributed by atoms with E-state index in [1.165, 1.54) is 6.07 Å². The van der Waals surface area contributed by atoms with E-state index >= 15 is 0 Å². The SMILES string of the molecule is O=C(NCC[C@H](O)c1cccc(Cl)c1)Nc1c(F)cccc1F. The van der Waals surface area contributed by atoms with E-state index in [0.717, 1.165) is 12.1 Å². The number of halogens is 3. The van der Waals surface area contributed by atoms with E-state index in [1.54, 1.807) is 24.3 Å². The smallest absolute Gasteiger partial charge is 0.319 e. The van der Waals surface area contributed by atoms with Gasteiger partial charge in [-0.15, -0.1) is 0 Å². The third kappa shape index (κ3) is 4.91. The molecular weight excluding hydrogens is 326 g/mol. The molecule has 0 spiro atoms. The quantitative estimate of drug-likeness (QED) is 0.774. The van der Waals surface area contributed by atoms with Crippen LogP contribution in [-0.2, 0) is 0 Å². The van der Waals surface area contributed by atoms with E-state index in [4.69, 9.17) is 11.6 Å². The van der Waals surface area contributed by atoms with Crippen LogP contribution in [0, 0.1) is 11.6 Å². The van der Waals surface area contributed by atoms with Crippen molar-refractivity contribution in [2.24, 2.45) is 0 Å². The zero-order valence-electron chi connectivity index (χ0n) is 12.0. The number of aliphatic hydroxyl groups is 1. The molecule has 2 amide bonds. The summed E-state index contributed by atoms with van der Waals surface area (Å²) in [7, 11) is 0. The van der Waals surface area contributed by atoms with Crippen molar-refractivity contribution < 1.29 is 18.7 Å². The second-order valence-corrected chi connectivity index (χ2v) is 5.27. The molecule has 0 aliphatic carbocycles. The van der Waals surface area contributed by atoms with Crippen LogP contribution in [0.1, 0.15) is 18.1 Å². The van der Waals surface area contributed by atoms with Crippen LogP contribution in [0.15, 0.2) is 42.5 Å². The molecule has 3 N–H and O–H groups in total. The Bertz CT molecular complexity index is 677. The molecule has 0 bridgehead atoms. The average molecular weight is 341 g/mol. The molecule has 2 aromatic carbocycles. The summed E-state index contributed by atoms with van der Waals surface area (Å²) in [4.78, 5) is 11.6. The predicted molar refractivity (Wildman–Crippen MR) is 84.4 cm³/mol. The van der Waals surface area contributed by atoms with Gasteiger partial charge in [-0.3, -0.25) is 0 Å².